The van der Waals surface area contributed by atoms with E-state index in [9.17, 15) is 19.8 Å². The Hall–Kier alpha value is -3.74. The van der Waals surface area contributed by atoms with Gasteiger partial charge in [-0.2, -0.15) is 15.0 Å². The first kappa shape index (κ1) is 20.0. The Morgan fingerprint density at radius 3 is 1.69 bits per heavy atom. The van der Waals surface area contributed by atoms with Crippen molar-refractivity contribution in [3.8, 4) is 0 Å². The number of nitrogens with zero attached hydrogens (tertiary/aromatic N) is 5. The monoisotopic (exact) mass is 421 g/mol. The van der Waals surface area contributed by atoms with E-state index in [1.807, 2.05) is 0 Å². The fraction of sp³-hybridized carbons (Fsp3) is 0.267. The molecule has 0 aliphatic carbocycles. The normalized spacial score (nSPS) is 12.9. The van der Waals surface area contributed by atoms with Crippen LogP contribution in [0, 0.1) is 0 Å². The first-order valence-corrected chi connectivity index (χ1v) is 8.64. The summed E-state index contributed by atoms with van der Waals surface area (Å²) in [5, 5.41) is 23.9. The predicted molar refractivity (Wildman–Crippen MR) is 99.5 cm³/mol. The van der Waals surface area contributed by atoms with Crippen LogP contribution < -0.4 is 10.6 Å². The zero-order valence-electron chi connectivity index (χ0n) is 14.7. The number of carboxylic acids is 2. The van der Waals surface area contributed by atoms with Crippen LogP contribution in [0.15, 0.2) is 25.0 Å². The lowest BCUT2D eigenvalue weighted by atomic mass is 10.1. The van der Waals surface area contributed by atoms with E-state index in [1.165, 1.54) is 12.7 Å². The summed E-state index contributed by atoms with van der Waals surface area (Å²) in [6, 6.07) is -2.19. The van der Waals surface area contributed by atoms with Gasteiger partial charge in [0.05, 0.1) is 24.0 Å². The molecule has 0 spiro atoms. The Morgan fingerprint density at radius 2 is 1.34 bits per heavy atom. The van der Waals surface area contributed by atoms with E-state index in [0.29, 0.717) is 11.4 Å². The highest BCUT2D eigenvalue weighted by Gasteiger charge is 2.23. The van der Waals surface area contributed by atoms with Crippen LogP contribution in [0.5, 0.6) is 0 Å². The Kier molecular flexibility index (Phi) is 6.19. The van der Waals surface area contributed by atoms with Gasteiger partial charge in [0.2, 0.25) is 17.2 Å². The lowest BCUT2D eigenvalue weighted by Crippen LogP contribution is -2.34. The van der Waals surface area contributed by atoms with Crippen molar-refractivity contribution in [1.82, 2.24) is 34.9 Å². The van der Waals surface area contributed by atoms with Gasteiger partial charge >= 0.3 is 11.9 Å². The molecule has 0 saturated carbocycles. The molecule has 0 amide bonds. The SMILES string of the molecule is O=C(O)C(Cc1c[nH]cn1)Nc1nc(Cl)nc(NC(Cc2c[nH]cn2)C(=O)O)n1. The summed E-state index contributed by atoms with van der Waals surface area (Å²) in [6.07, 6.45) is 6.11. The number of imidazole rings is 2. The van der Waals surface area contributed by atoms with Crippen molar-refractivity contribution in [3.63, 3.8) is 0 Å². The molecule has 13 nitrogen and oxygen atoms in total. The van der Waals surface area contributed by atoms with Gasteiger partial charge in [0.1, 0.15) is 12.1 Å². The third-order valence-electron chi connectivity index (χ3n) is 3.75. The maximum atomic E-state index is 11.5. The molecule has 0 aliphatic rings. The number of aromatic nitrogens is 7. The fourth-order valence-electron chi connectivity index (χ4n) is 2.41. The van der Waals surface area contributed by atoms with E-state index in [-0.39, 0.29) is 30.0 Å². The molecule has 0 fully saturated rings. The van der Waals surface area contributed by atoms with Crippen molar-refractivity contribution in [2.75, 3.05) is 10.6 Å². The molecule has 2 unspecified atom stereocenters. The second kappa shape index (κ2) is 8.97. The van der Waals surface area contributed by atoms with Crippen LogP contribution in [-0.4, -0.2) is 69.1 Å². The van der Waals surface area contributed by atoms with E-state index < -0.39 is 24.0 Å². The molecule has 29 heavy (non-hydrogen) atoms. The summed E-state index contributed by atoms with van der Waals surface area (Å²) >= 11 is 5.89. The lowest BCUT2D eigenvalue weighted by Gasteiger charge is -2.16. The lowest BCUT2D eigenvalue weighted by molar-refractivity contribution is -0.138. The van der Waals surface area contributed by atoms with E-state index in [1.54, 1.807) is 12.4 Å². The van der Waals surface area contributed by atoms with Crippen molar-refractivity contribution >= 4 is 35.4 Å². The molecule has 0 aromatic carbocycles. The van der Waals surface area contributed by atoms with Gasteiger partial charge < -0.3 is 30.8 Å². The van der Waals surface area contributed by atoms with Gasteiger partial charge in [0.15, 0.2) is 0 Å². The summed E-state index contributed by atoms with van der Waals surface area (Å²) in [5.74, 6) is -2.55. The predicted octanol–water partition coefficient (Wildman–Crippen LogP) is 0.187. The smallest absolute Gasteiger partial charge is 0.326 e. The number of halogens is 1. The number of aromatic amines is 2. The highest BCUT2D eigenvalue weighted by molar-refractivity contribution is 6.28. The minimum Gasteiger partial charge on any atom is -0.480 e. The van der Waals surface area contributed by atoms with Gasteiger partial charge in [-0.1, -0.05) is 0 Å². The molecule has 152 valence electrons. The van der Waals surface area contributed by atoms with Crippen LogP contribution in [0.2, 0.25) is 5.28 Å². The van der Waals surface area contributed by atoms with Crippen LogP contribution >= 0.6 is 11.6 Å². The van der Waals surface area contributed by atoms with Crippen LogP contribution in [-0.2, 0) is 22.4 Å². The van der Waals surface area contributed by atoms with Crippen LogP contribution in [0.1, 0.15) is 11.4 Å². The number of carbonyl (C=O) groups is 2. The fourth-order valence-corrected chi connectivity index (χ4v) is 2.57. The molecular formula is C15H16ClN9O4. The minimum atomic E-state index is -1.15. The second-order valence-corrected chi connectivity index (χ2v) is 6.19. The van der Waals surface area contributed by atoms with Crippen molar-refractivity contribution in [3.05, 3.63) is 41.7 Å². The van der Waals surface area contributed by atoms with Crippen molar-refractivity contribution in [2.45, 2.75) is 24.9 Å². The molecular weight excluding hydrogens is 406 g/mol. The Labute approximate surface area is 168 Å². The van der Waals surface area contributed by atoms with Crippen molar-refractivity contribution in [2.24, 2.45) is 0 Å². The summed E-state index contributed by atoms with van der Waals surface area (Å²) in [7, 11) is 0. The van der Waals surface area contributed by atoms with Crippen molar-refractivity contribution in [1.29, 1.82) is 0 Å². The summed E-state index contributed by atoms with van der Waals surface area (Å²) in [5.41, 5.74) is 1.04. The Bertz CT molecular complexity index is 890. The molecule has 14 heteroatoms. The zero-order chi connectivity index (χ0) is 20.8. The molecule has 3 rings (SSSR count). The van der Waals surface area contributed by atoms with Gasteiger partial charge in [-0.3, -0.25) is 0 Å². The second-order valence-electron chi connectivity index (χ2n) is 5.85. The summed E-state index contributed by atoms with van der Waals surface area (Å²) < 4.78 is 0. The van der Waals surface area contributed by atoms with Gasteiger partial charge in [-0.25, -0.2) is 19.6 Å². The van der Waals surface area contributed by atoms with E-state index >= 15 is 0 Å². The van der Waals surface area contributed by atoms with Crippen LogP contribution in [0.4, 0.5) is 11.9 Å². The number of nitrogens with one attached hydrogen (secondary N) is 4. The molecule has 6 N–H and O–H groups in total. The molecule has 0 saturated heterocycles. The number of aliphatic carboxylic acids is 2. The van der Waals surface area contributed by atoms with E-state index in [4.69, 9.17) is 11.6 Å². The maximum absolute atomic E-state index is 11.5. The Morgan fingerprint density at radius 1 is 0.897 bits per heavy atom. The number of carboxylic acid groups (broad SMARTS) is 2. The van der Waals surface area contributed by atoms with Crippen LogP contribution in [0.25, 0.3) is 0 Å². The highest BCUT2D eigenvalue weighted by atomic mass is 35.5. The first-order chi connectivity index (χ1) is 13.9. The van der Waals surface area contributed by atoms with Crippen LogP contribution in [0.3, 0.4) is 0 Å². The van der Waals surface area contributed by atoms with Crippen molar-refractivity contribution < 1.29 is 19.8 Å². The number of H-pyrrole nitrogens is 2. The molecule has 2 atom stereocenters. The van der Waals surface area contributed by atoms with E-state index in [2.05, 4.69) is 45.5 Å². The average Bonchev–Trinajstić information content (AvgIpc) is 3.34. The number of anilines is 2. The minimum absolute atomic E-state index is 0.0573. The van der Waals surface area contributed by atoms with E-state index in [0.717, 1.165) is 0 Å². The van der Waals surface area contributed by atoms with Gasteiger partial charge in [-0.15, -0.1) is 0 Å². The Balaban J connectivity index is 1.75. The molecule has 0 radical (unpaired) electrons. The first-order valence-electron chi connectivity index (χ1n) is 8.26. The number of hydrogen-bond acceptors (Lipinski definition) is 9. The molecule has 0 aliphatic heterocycles. The van der Waals surface area contributed by atoms with Gasteiger partial charge in [0.25, 0.3) is 0 Å². The molecule has 3 aromatic rings. The summed E-state index contributed by atoms with van der Waals surface area (Å²) in [4.78, 5) is 48.2. The molecule has 3 heterocycles. The third-order valence-corrected chi connectivity index (χ3v) is 3.92. The molecule has 0 bridgehead atoms. The highest BCUT2D eigenvalue weighted by Crippen LogP contribution is 2.14. The molecule has 3 aromatic heterocycles. The summed E-state index contributed by atoms with van der Waals surface area (Å²) in [6.45, 7) is 0. The van der Waals surface area contributed by atoms with Gasteiger partial charge in [0, 0.05) is 25.2 Å². The quantitative estimate of drug-likeness (QED) is 0.261. The number of hydrogen-bond donors (Lipinski definition) is 6. The van der Waals surface area contributed by atoms with Gasteiger partial charge in [-0.05, 0) is 11.6 Å². The topological polar surface area (TPSA) is 195 Å². The maximum Gasteiger partial charge on any atom is 0.326 e. The average molecular weight is 422 g/mol. The largest absolute Gasteiger partial charge is 0.480 e. The third kappa shape index (κ3) is 5.62. The zero-order valence-corrected chi connectivity index (χ0v) is 15.5. The standard InChI is InChI=1S/C15H16ClN9O4/c16-13-23-14(21-9(11(26)27)1-7-3-17-5-19-7)25-15(24-13)22-10(12(28)29)2-8-4-18-6-20-8/h3-6,9-10H,1-2H2,(H,17,19)(H,18,20)(H,26,27)(H,28,29)(H2,21,22,23,24,25). The number of rotatable bonds is 10.